The molecule has 1 rings (SSSR count). The van der Waals surface area contributed by atoms with E-state index in [4.69, 9.17) is 0 Å². The van der Waals surface area contributed by atoms with Gasteiger partial charge in [0.15, 0.2) is 0 Å². The third-order valence-corrected chi connectivity index (χ3v) is 2.61. The molecule has 1 fully saturated rings. The Hall–Kier alpha value is -0.370. The lowest BCUT2D eigenvalue weighted by Gasteiger charge is -2.30. The van der Waals surface area contributed by atoms with Crippen LogP contribution in [0.25, 0.3) is 0 Å². The van der Waals surface area contributed by atoms with E-state index in [2.05, 4.69) is 0 Å². The van der Waals surface area contributed by atoms with Crippen LogP contribution in [0.5, 0.6) is 0 Å². The zero-order valence-electron chi connectivity index (χ0n) is 6.97. The third kappa shape index (κ3) is 2.03. The monoisotopic (exact) mass is 155 g/mol. The number of aliphatic hydroxyl groups is 1. The van der Waals surface area contributed by atoms with E-state index in [0.29, 0.717) is 0 Å². The van der Waals surface area contributed by atoms with Crippen LogP contribution in [0.4, 0.5) is 0 Å². The number of hydrogen-bond donors (Lipinski definition) is 1. The Balaban J connectivity index is 2.50. The zero-order chi connectivity index (χ0) is 8.32. The third-order valence-electron chi connectivity index (χ3n) is 2.61. The molecule has 1 saturated carbocycles. The van der Waals surface area contributed by atoms with Gasteiger partial charge in [-0.1, -0.05) is 19.3 Å². The molecule has 0 unspecified atom stereocenters. The molecular weight excluding hydrogens is 140 g/mol. The first-order valence-corrected chi connectivity index (χ1v) is 4.28. The molecule has 0 bridgehead atoms. The van der Waals surface area contributed by atoms with Gasteiger partial charge in [-0.2, -0.15) is 0 Å². The Morgan fingerprint density at radius 1 is 1.36 bits per heavy atom. The molecule has 1 aliphatic carbocycles. The van der Waals surface area contributed by atoms with E-state index in [1.54, 1.807) is 13.2 Å². The van der Waals surface area contributed by atoms with E-state index in [1.807, 2.05) is 0 Å². The first-order valence-electron chi connectivity index (χ1n) is 4.28. The van der Waals surface area contributed by atoms with Crippen molar-refractivity contribution in [2.45, 2.75) is 44.6 Å². The molecule has 0 heterocycles. The van der Waals surface area contributed by atoms with Crippen LogP contribution in [0.3, 0.4) is 0 Å². The van der Waals surface area contributed by atoms with Gasteiger partial charge < -0.3 is 5.11 Å². The predicted octanol–water partition coefficient (Wildman–Crippen LogP) is 1.43. The minimum atomic E-state index is -1.19. The minimum absolute atomic E-state index is 0.147. The van der Waals surface area contributed by atoms with Crippen molar-refractivity contribution in [2.75, 3.05) is 0 Å². The maximum absolute atomic E-state index is 10.4. The second-order valence-electron chi connectivity index (χ2n) is 3.58. The Labute approximate surface area is 67.6 Å². The maximum Gasteiger partial charge on any atom is 0.232 e. The van der Waals surface area contributed by atoms with Crippen LogP contribution in [0.2, 0.25) is 0 Å². The summed E-state index contributed by atoms with van der Waals surface area (Å²) < 4.78 is 0. The van der Waals surface area contributed by atoms with Crippen molar-refractivity contribution in [2.24, 2.45) is 5.92 Å². The van der Waals surface area contributed by atoms with E-state index >= 15 is 0 Å². The summed E-state index contributed by atoms with van der Waals surface area (Å²) in [5.74, 6) is 0.147. The Morgan fingerprint density at radius 3 is 2.36 bits per heavy atom. The Bertz CT molecular complexity index is 134. The van der Waals surface area contributed by atoms with Crippen molar-refractivity contribution in [1.82, 2.24) is 0 Å². The van der Waals surface area contributed by atoms with Crippen LogP contribution in [0.15, 0.2) is 0 Å². The molecule has 0 aromatic carbocycles. The normalized spacial score (nSPS) is 26.0. The smallest absolute Gasteiger partial charge is 0.232 e. The first kappa shape index (κ1) is 8.72. The first-order chi connectivity index (χ1) is 5.17. The number of hydrogen-bond acceptors (Lipinski definition) is 2. The van der Waals surface area contributed by atoms with Gasteiger partial charge in [-0.25, -0.2) is 0 Å². The molecule has 0 aliphatic heterocycles. The van der Waals surface area contributed by atoms with Gasteiger partial charge in [0.2, 0.25) is 6.29 Å². The summed E-state index contributed by atoms with van der Waals surface area (Å²) in [6, 6.07) is 0. The molecule has 0 aromatic rings. The summed E-state index contributed by atoms with van der Waals surface area (Å²) in [6.07, 6.45) is 7.19. The van der Waals surface area contributed by atoms with Crippen molar-refractivity contribution in [3.05, 3.63) is 0 Å². The number of carbonyl (C=O) groups excluding carboxylic acids is 1. The molecule has 2 nitrogen and oxygen atoms in total. The van der Waals surface area contributed by atoms with Crippen molar-refractivity contribution in [3.63, 3.8) is 0 Å². The minimum Gasteiger partial charge on any atom is -0.382 e. The van der Waals surface area contributed by atoms with Crippen molar-refractivity contribution >= 4 is 6.29 Å². The molecule has 1 atom stereocenters. The second kappa shape index (κ2) is 3.35. The second-order valence-corrected chi connectivity index (χ2v) is 3.58. The molecule has 1 N–H and O–H groups in total. The zero-order valence-corrected chi connectivity index (χ0v) is 6.97. The highest BCUT2D eigenvalue weighted by atomic mass is 16.3. The molecule has 11 heavy (non-hydrogen) atoms. The standard InChI is InChI=1S/C9H15O2/c1-9(11,7-10)8-5-3-2-4-6-8/h8,11H,2-6H2,1H3/t9-/m0/s1. The molecule has 1 aliphatic rings. The fourth-order valence-corrected chi connectivity index (χ4v) is 1.75. The van der Waals surface area contributed by atoms with Gasteiger partial charge in [0, 0.05) is 0 Å². The van der Waals surface area contributed by atoms with Crippen LogP contribution in [0, 0.1) is 5.92 Å². The van der Waals surface area contributed by atoms with Crippen LogP contribution in [0.1, 0.15) is 39.0 Å². The molecule has 1 radical (unpaired) electrons. The molecule has 2 heteroatoms. The fraction of sp³-hybridized carbons (Fsp3) is 0.889. The summed E-state index contributed by atoms with van der Waals surface area (Å²) in [7, 11) is 0. The average Bonchev–Trinajstić information content (AvgIpc) is 2.06. The van der Waals surface area contributed by atoms with Gasteiger partial charge in [-0.05, 0) is 25.7 Å². The van der Waals surface area contributed by atoms with Crippen molar-refractivity contribution in [1.29, 1.82) is 0 Å². The van der Waals surface area contributed by atoms with Crippen molar-refractivity contribution in [3.8, 4) is 0 Å². The molecule has 0 saturated heterocycles. The molecule has 0 spiro atoms. The molecule has 0 aromatic heterocycles. The van der Waals surface area contributed by atoms with E-state index < -0.39 is 5.60 Å². The van der Waals surface area contributed by atoms with Gasteiger partial charge >= 0.3 is 0 Å². The lowest BCUT2D eigenvalue weighted by Crippen LogP contribution is -2.37. The van der Waals surface area contributed by atoms with E-state index in [1.165, 1.54) is 6.42 Å². The number of rotatable bonds is 2. The van der Waals surface area contributed by atoms with Crippen LogP contribution >= 0.6 is 0 Å². The highest BCUT2D eigenvalue weighted by Crippen LogP contribution is 2.31. The summed E-state index contributed by atoms with van der Waals surface area (Å²) in [6.45, 7) is 1.57. The maximum atomic E-state index is 10.4. The molecule has 0 amide bonds. The van der Waals surface area contributed by atoms with Gasteiger partial charge in [-0.3, -0.25) is 4.79 Å². The average molecular weight is 155 g/mol. The fourth-order valence-electron chi connectivity index (χ4n) is 1.75. The van der Waals surface area contributed by atoms with Gasteiger partial charge in [-0.15, -0.1) is 0 Å². The summed E-state index contributed by atoms with van der Waals surface area (Å²) in [4.78, 5) is 10.4. The molecular formula is C9H15O2. The lowest BCUT2D eigenvalue weighted by molar-refractivity contribution is 0.0438. The van der Waals surface area contributed by atoms with Crippen LogP contribution in [-0.4, -0.2) is 17.0 Å². The SMILES string of the molecule is C[C@](O)([C]=O)C1CCCCC1. The lowest BCUT2D eigenvalue weighted by atomic mass is 9.79. The molecule has 63 valence electrons. The highest BCUT2D eigenvalue weighted by Gasteiger charge is 2.32. The van der Waals surface area contributed by atoms with Crippen LogP contribution < -0.4 is 0 Å². The van der Waals surface area contributed by atoms with Gasteiger partial charge in [0.25, 0.3) is 0 Å². The summed E-state index contributed by atoms with van der Waals surface area (Å²) in [5, 5.41) is 9.52. The largest absolute Gasteiger partial charge is 0.382 e. The summed E-state index contributed by atoms with van der Waals surface area (Å²) >= 11 is 0. The topological polar surface area (TPSA) is 37.3 Å². The van der Waals surface area contributed by atoms with Gasteiger partial charge in [0.05, 0.1) is 0 Å². The van der Waals surface area contributed by atoms with E-state index in [0.717, 1.165) is 25.7 Å². The van der Waals surface area contributed by atoms with E-state index in [9.17, 15) is 9.90 Å². The Kier molecular flexibility index (Phi) is 2.66. The summed E-state index contributed by atoms with van der Waals surface area (Å²) in [5.41, 5.74) is -1.19. The highest BCUT2D eigenvalue weighted by molar-refractivity contribution is 5.62. The van der Waals surface area contributed by atoms with Gasteiger partial charge in [0.1, 0.15) is 5.60 Å². The predicted molar refractivity (Wildman–Crippen MR) is 42.9 cm³/mol. The van der Waals surface area contributed by atoms with E-state index in [-0.39, 0.29) is 5.92 Å². The van der Waals surface area contributed by atoms with Crippen LogP contribution in [-0.2, 0) is 4.79 Å². The quantitative estimate of drug-likeness (QED) is 0.655. The van der Waals surface area contributed by atoms with Crippen molar-refractivity contribution < 1.29 is 9.90 Å². The Morgan fingerprint density at radius 2 is 1.91 bits per heavy atom.